The molecular formula is C18H43NOSi2. The van der Waals surface area contributed by atoms with Gasteiger partial charge in [-0.2, -0.15) is 0 Å². The molecule has 0 aliphatic carbocycles. The predicted octanol–water partition coefficient (Wildman–Crippen LogP) is 6.16. The molecule has 0 heterocycles. The molecule has 4 heteroatoms. The Hall–Kier alpha value is 0.354. The number of hydrogen-bond acceptors (Lipinski definition) is 2. The van der Waals surface area contributed by atoms with Crippen molar-refractivity contribution in [3.8, 4) is 0 Å². The minimum atomic E-state index is -1.53. The first kappa shape index (κ1) is 22.4. The minimum Gasteiger partial charge on any atom is -0.417 e. The van der Waals surface area contributed by atoms with Crippen LogP contribution in [0.2, 0.25) is 36.3 Å². The molecule has 2 nitrogen and oxygen atoms in total. The van der Waals surface area contributed by atoms with Crippen LogP contribution in [0.5, 0.6) is 0 Å². The second kappa shape index (κ2) is 8.45. The predicted molar refractivity (Wildman–Crippen MR) is 107 cm³/mol. The van der Waals surface area contributed by atoms with Crippen LogP contribution in [0.25, 0.3) is 0 Å². The molecule has 134 valence electrons. The normalized spacial score (nSPS) is 14.5. The Morgan fingerprint density at radius 2 is 1.23 bits per heavy atom. The summed E-state index contributed by atoms with van der Waals surface area (Å²) in [5.41, 5.74) is 0. The van der Waals surface area contributed by atoms with Crippen molar-refractivity contribution >= 4 is 16.6 Å². The smallest absolute Gasteiger partial charge is 0.191 e. The molecule has 0 saturated carbocycles. The average molecular weight is 346 g/mol. The first-order valence-corrected chi connectivity index (χ1v) is 15.0. The number of nitrogens with one attached hydrogen (secondary N) is 1. The summed E-state index contributed by atoms with van der Waals surface area (Å²) in [4.78, 5) is 3.85. The third kappa shape index (κ3) is 7.76. The minimum absolute atomic E-state index is 0.333. The summed E-state index contributed by atoms with van der Waals surface area (Å²) < 4.78 is 6.23. The van der Waals surface area contributed by atoms with E-state index in [1.165, 1.54) is 32.2 Å². The SMILES string of the molecule is CC(C)(C)[Si](C)(C)NCCCCCCO[Si](C)(C)C(C)(C)C. The van der Waals surface area contributed by atoms with Crippen LogP contribution >= 0.6 is 0 Å². The molecule has 0 radical (unpaired) electrons. The molecule has 0 atom stereocenters. The zero-order chi connectivity index (χ0) is 17.7. The van der Waals surface area contributed by atoms with Gasteiger partial charge in [-0.25, -0.2) is 0 Å². The molecule has 0 amide bonds. The van der Waals surface area contributed by atoms with E-state index in [9.17, 15) is 0 Å². The van der Waals surface area contributed by atoms with Gasteiger partial charge >= 0.3 is 0 Å². The van der Waals surface area contributed by atoms with Crippen molar-refractivity contribution in [3.05, 3.63) is 0 Å². The molecule has 0 spiro atoms. The van der Waals surface area contributed by atoms with Gasteiger partial charge in [-0.15, -0.1) is 0 Å². The second-order valence-electron chi connectivity index (χ2n) is 9.82. The highest BCUT2D eigenvalue weighted by Crippen LogP contribution is 2.36. The zero-order valence-electron chi connectivity index (χ0n) is 17.2. The van der Waals surface area contributed by atoms with Gasteiger partial charge in [0.05, 0.1) is 0 Å². The molecule has 22 heavy (non-hydrogen) atoms. The summed E-state index contributed by atoms with van der Waals surface area (Å²) >= 11 is 0. The molecule has 0 aliphatic heterocycles. The standard InChI is InChI=1S/C18H43NOSi2/c1-17(2,3)21(7,8)19-15-13-11-12-14-16-20-22(9,10)18(4,5)6/h19H,11-16H2,1-10H3. The largest absolute Gasteiger partial charge is 0.417 e. The summed E-state index contributed by atoms with van der Waals surface area (Å²) in [6, 6.07) is 0. The van der Waals surface area contributed by atoms with E-state index >= 15 is 0 Å². The fourth-order valence-electron chi connectivity index (χ4n) is 1.79. The van der Waals surface area contributed by atoms with Gasteiger partial charge in [0.15, 0.2) is 8.32 Å². The van der Waals surface area contributed by atoms with E-state index in [2.05, 4.69) is 72.7 Å². The third-order valence-corrected chi connectivity index (χ3v) is 15.2. The first-order valence-electron chi connectivity index (χ1n) is 9.10. The van der Waals surface area contributed by atoms with Crippen LogP contribution in [-0.4, -0.2) is 29.7 Å². The van der Waals surface area contributed by atoms with Gasteiger partial charge in [0.1, 0.15) is 8.24 Å². The van der Waals surface area contributed by atoms with E-state index in [4.69, 9.17) is 4.43 Å². The Labute approximate surface area is 143 Å². The third-order valence-electron chi connectivity index (χ3n) is 5.78. The van der Waals surface area contributed by atoms with E-state index in [0.29, 0.717) is 10.1 Å². The maximum absolute atomic E-state index is 6.23. The van der Waals surface area contributed by atoms with Crippen LogP contribution in [0.15, 0.2) is 0 Å². The lowest BCUT2D eigenvalue weighted by atomic mass is 10.2. The summed E-state index contributed by atoms with van der Waals surface area (Å²) in [6.07, 6.45) is 5.13. The summed E-state index contributed by atoms with van der Waals surface area (Å²) in [5, 5.41) is 0.768. The van der Waals surface area contributed by atoms with Crippen LogP contribution in [-0.2, 0) is 4.43 Å². The number of hydrogen-bond donors (Lipinski definition) is 1. The van der Waals surface area contributed by atoms with Crippen LogP contribution in [0.1, 0.15) is 67.2 Å². The van der Waals surface area contributed by atoms with Crippen molar-refractivity contribution in [3.63, 3.8) is 0 Å². The first-order chi connectivity index (χ1) is 9.71. The molecule has 0 aromatic carbocycles. The molecule has 0 aromatic rings. The highest BCUT2D eigenvalue weighted by molar-refractivity contribution is 6.77. The van der Waals surface area contributed by atoms with Crippen LogP contribution in [0, 0.1) is 0 Å². The van der Waals surface area contributed by atoms with Crippen LogP contribution in [0.3, 0.4) is 0 Å². The maximum atomic E-state index is 6.23. The van der Waals surface area contributed by atoms with Crippen LogP contribution in [0.4, 0.5) is 0 Å². The van der Waals surface area contributed by atoms with Crippen LogP contribution < -0.4 is 4.98 Å². The van der Waals surface area contributed by atoms with Gasteiger partial charge < -0.3 is 9.41 Å². The van der Waals surface area contributed by atoms with E-state index in [0.717, 1.165) is 6.61 Å². The van der Waals surface area contributed by atoms with E-state index in [-0.39, 0.29) is 0 Å². The molecule has 0 rings (SSSR count). The van der Waals surface area contributed by atoms with Gasteiger partial charge in [0.25, 0.3) is 0 Å². The second-order valence-corrected chi connectivity index (χ2v) is 19.7. The van der Waals surface area contributed by atoms with Crippen molar-refractivity contribution in [2.24, 2.45) is 0 Å². The number of unbranched alkanes of at least 4 members (excludes halogenated alkanes) is 3. The number of rotatable bonds is 9. The van der Waals surface area contributed by atoms with Gasteiger partial charge in [-0.05, 0) is 42.6 Å². The van der Waals surface area contributed by atoms with Crippen molar-refractivity contribution < 1.29 is 4.43 Å². The summed E-state index contributed by atoms with van der Waals surface area (Å²) in [6.45, 7) is 25.7. The highest BCUT2D eigenvalue weighted by atomic mass is 28.4. The topological polar surface area (TPSA) is 21.3 Å². The summed E-state index contributed by atoms with van der Waals surface area (Å²) in [5.74, 6) is 0. The van der Waals surface area contributed by atoms with Gasteiger partial charge in [0, 0.05) is 6.61 Å². The lowest BCUT2D eigenvalue weighted by Gasteiger charge is -2.37. The Morgan fingerprint density at radius 1 is 0.727 bits per heavy atom. The van der Waals surface area contributed by atoms with Crippen molar-refractivity contribution in [1.29, 1.82) is 0 Å². The van der Waals surface area contributed by atoms with E-state index in [1.807, 2.05) is 0 Å². The molecule has 0 saturated heterocycles. The van der Waals surface area contributed by atoms with Gasteiger partial charge in [0.2, 0.25) is 0 Å². The van der Waals surface area contributed by atoms with Crippen molar-refractivity contribution in [2.75, 3.05) is 13.2 Å². The average Bonchev–Trinajstić information content (AvgIpc) is 2.29. The fraction of sp³-hybridized carbons (Fsp3) is 1.00. The van der Waals surface area contributed by atoms with Crippen molar-refractivity contribution in [2.45, 2.75) is 103 Å². The Bertz CT molecular complexity index is 282. The molecule has 1 N–H and O–H groups in total. The fourth-order valence-corrected chi connectivity index (χ4v) is 4.21. The quantitative estimate of drug-likeness (QED) is 0.399. The molecule has 0 aromatic heterocycles. The Balaban J connectivity index is 3.73. The Morgan fingerprint density at radius 3 is 1.68 bits per heavy atom. The monoisotopic (exact) mass is 345 g/mol. The molecular weight excluding hydrogens is 302 g/mol. The van der Waals surface area contributed by atoms with Gasteiger partial charge in [-0.1, -0.05) is 67.5 Å². The Kier molecular flexibility index (Phi) is 8.59. The summed E-state index contributed by atoms with van der Waals surface area (Å²) in [7, 11) is -2.83. The van der Waals surface area contributed by atoms with E-state index in [1.54, 1.807) is 0 Å². The highest BCUT2D eigenvalue weighted by Gasteiger charge is 2.37. The lowest BCUT2D eigenvalue weighted by molar-refractivity contribution is 0.277. The van der Waals surface area contributed by atoms with Gasteiger partial charge in [-0.3, -0.25) is 0 Å². The lowest BCUT2D eigenvalue weighted by Crippen LogP contribution is -2.52. The molecule has 0 unspecified atom stereocenters. The molecule has 0 bridgehead atoms. The van der Waals surface area contributed by atoms with E-state index < -0.39 is 16.6 Å². The zero-order valence-corrected chi connectivity index (χ0v) is 19.2. The van der Waals surface area contributed by atoms with Crippen molar-refractivity contribution in [1.82, 2.24) is 4.98 Å². The molecule has 0 fully saturated rings. The maximum Gasteiger partial charge on any atom is 0.191 e. The molecule has 0 aliphatic rings.